The number of aryl methyl sites for hydroxylation is 1. The molecule has 3 unspecified atom stereocenters. The maximum Gasteiger partial charge on any atom is 0.264 e. The van der Waals surface area contributed by atoms with Crippen molar-refractivity contribution in [2.24, 2.45) is 11.8 Å². The van der Waals surface area contributed by atoms with Crippen LogP contribution in [0.15, 0.2) is 77.7 Å². The molecule has 35 heavy (non-hydrogen) atoms. The van der Waals surface area contributed by atoms with E-state index in [1.165, 1.54) is 23.6 Å². The van der Waals surface area contributed by atoms with E-state index in [2.05, 4.69) is 5.32 Å². The molecule has 0 heterocycles. The van der Waals surface area contributed by atoms with Crippen LogP contribution in [0.2, 0.25) is 5.02 Å². The fourth-order valence-corrected chi connectivity index (χ4v) is 7.17. The molecule has 7 heteroatoms. The maximum absolute atomic E-state index is 13.7. The molecule has 0 spiro atoms. The van der Waals surface area contributed by atoms with Crippen molar-refractivity contribution in [2.45, 2.75) is 50.1 Å². The molecule has 2 fully saturated rings. The first kappa shape index (κ1) is 23.9. The SMILES string of the molecule is Cc1ccc(Cl)cc1N(Cc1ccc(C(=O)NC2CC3CCC2C3)cc1)S(=O)(=O)c1ccccc1. The Morgan fingerprint density at radius 3 is 2.40 bits per heavy atom. The summed E-state index contributed by atoms with van der Waals surface area (Å²) in [5, 5.41) is 3.68. The lowest BCUT2D eigenvalue weighted by molar-refractivity contribution is 0.0923. The zero-order valence-electron chi connectivity index (χ0n) is 19.7. The van der Waals surface area contributed by atoms with Crippen LogP contribution in [0.5, 0.6) is 0 Å². The fraction of sp³-hybridized carbons (Fsp3) is 0.321. The number of nitrogens with one attached hydrogen (secondary N) is 1. The summed E-state index contributed by atoms with van der Waals surface area (Å²) in [5.41, 5.74) is 2.70. The van der Waals surface area contributed by atoms with Crippen LogP contribution in [0.4, 0.5) is 5.69 Å². The first-order valence-corrected chi connectivity index (χ1v) is 13.9. The zero-order valence-corrected chi connectivity index (χ0v) is 21.2. The Morgan fingerprint density at radius 2 is 1.74 bits per heavy atom. The Morgan fingerprint density at radius 1 is 1.00 bits per heavy atom. The third-order valence-corrected chi connectivity index (χ3v) is 9.38. The minimum absolute atomic E-state index is 0.0615. The smallest absolute Gasteiger partial charge is 0.264 e. The van der Waals surface area contributed by atoms with E-state index in [1.807, 2.05) is 25.1 Å². The number of sulfonamides is 1. The highest BCUT2D eigenvalue weighted by Crippen LogP contribution is 2.44. The molecule has 2 aliphatic carbocycles. The van der Waals surface area contributed by atoms with Gasteiger partial charge in [0.05, 0.1) is 17.1 Å². The Balaban J connectivity index is 1.39. The number of amides is 1. The molecule has 0 radical (unpaired) electrons. The first-order chi connectivity index (χ1) is 16.8. The van der Waals surface area contributed by atoms with Gasteiger partial charge in [0.25, 0.3) is 15.9 Å². The van der Waals surface area contributed by atoms with E-state index in [9.17, 15) is 13.2 Å². The van der Waals surface area contributed by atoms with Crippen LogP contribution in [0.1, 0.15) is 47.2 Å². The fourth-order valence-electron chi connectivity index (χ4n) is 5.47. The molecule has 2 aliphatic rings. The monoisotopic (exact) mass is 508 g/mol. The van der Waals surface area contributed by atoms with Crippen molar-refractivity contribution in [3.63, 3.8) is 0 Å². The third-order valence-electron chi connectivity index (χ3n) is 7.37. The normalized spacial score (nSPS) is 21.1. The summed E-state index contributed by atoms with van der Waals surface area (Å²) in [6.45, 7) is 1.98. The van der Waals surface area contributed by atoms with Gasteiger partial charge in [-0.15, -0.1) is 0 Å². The van der Waals surface area contributed by atoms with Crippen molar-refractivity contribution in [3.8, 4) is 0 Å². The molecule has 3 aromatic carbocycles. The Bertz CT molecular complexity index is 1330. The highest BCUT2D eigenvalue weighted by Gasteiger charge is 2.40. The van der Waals surface area contributed by atoms with E-state index in [0.717, 1.165) is 23.5 Å². The van der Waals surface area contributed by atoms with Gasteiger partial charge in [0.15, 0.2) is 0 Å². The second-order valence-electron chi connectivity index (χ2n) is 9.71. The molecule has 3 aromatic rings. The largest absolute Gasteiger partial charge is 0.349 e. The summed E-state index contributed by atoms with van der Waals surface area (Å²) in [5.74, 6) is 1.31. The van der Waals surface area contributed by atoms with Crippen LogP contribution in [0.3, 0.4) is 0 Å². The van der Waals surface area contributed by atoms with E-state index in [-0.39, 0.29) is 23.4 Å². The Hall–Kier alpha value is -2.83. The van der Waals surface area contributed by atoms with Gasteiger partial charge in [-0.25, -0.2) is 8.42 Å². The van der Waals surface area contributed by atoms with Crippen LogP contribution >= 0.6 is 11.6 Å². The van der Waals surface area contributed by atoms with Gasteiger partial charge in [-0.2, -0.15) is 0 Å². The summed E-state index contributed by atoms with van der Waals surface area (Å²) < 4.78 is 28.7. The number of fused-ring (bicyclic) bond motifs is 2. The number of hydrogen-bond acceptors (Lipinski definition) is 3. The van der Waals surface area contributed by atoms with Crippen molar-refractivity contribution < 1.29 is 13.2 Å². The topological polar surface area (TPSA) is 66.5 Å². The lowest BCUT2D eigenvalue weighted by Gasteiger charge is -2.26. The van der Waals surface area contributed by atoms with Gasteiger partial charge in [-0.05, 0) is 85.5 Å². The predicted octanol–water partition coefficient (Wildman–Crippen LogP) is 5.96. The van der Waals surface area contributed by atoms with E-state index >= 15 is 0 Å². The maximum atomic E-state index is 13.7. The summed E-state index contributed by atoms with van der Waals surface area (Å²) in [6.07, 6.45) is 4.82. The number of hydrogen-bond donors (Lipinski definition) is 1. The molecule has 0 saturated heterocycles. The molecule has 0 aromatic heterocycles. The van der Waals surface area contributed by atoms with E-state index in [1.54, 1.807) is 54.6 Å². The van der Waals surface area contributed by atoms with Gasteiger partial charge >= 0.3 is 0 Å². The van der Waals surface area contributed by atoms with E-state index in [4.69, 9.17) is 11.6 Å². The van der Waals surface area contributed by atoms with Crippen LogP contribution in [0, 0.1) is 18.8 Å². The van der Waals surface area contributed by atoms with Gasteiger partial charge < -0.3 is 5.32 Å². The number of carbonyl (C=O) groups excluding carboxylic acids is 1. The van der Waals surface area contributed by atoms with Gasteiger partial charge in [0.1, 0.15) is 0 Å². The predicted molar refractivity (Wildman–Crippen MR) is 139 cm³/mol. The number of nitrogens with zero attached hydrogens (tertiary/aromatic N) is 1. The quantitative estimate of drug-likeness (QED) is 0.428. The van der Waals surface area contributed by atoms with E-state index in [0.29, 0.717) is 22.2 Å². The minimum atomic E-state index is -3.84. The second-order valence-corrected chi connectivity index (χ2v) is 12.0. The lowest BCUT2D eigenvalue weighted by Crippen LogP contribution is -2.38. The van der Waals surface area contributed by atoms with Crippen molar-refractivity contribution in [1.29, 1.82) is 0 Å². The first-order valence-electron chi connectivity index (χ1n) is 12.0. The molecule has 5 nitrogen and oxygen atoms in total. The molecule has 3 atom stereocenters. The minimum Gasteiger partial charge on any atom is -0.349 e. The van der Waals surface area contributed by atoms with Crippen molar-refractivity contribution >= 4 is 33.2 Å². The van der Waals surface area contributed by atoms with Gasteiger partial charge in [0, 0.05) is 16.6 Å². The lowest BCUT2D eigenvalue weighted by atomic mass is 9.95. The van der Waals surface area contributed by atoms with Crippen molar-refractivity contribution in [2.75, 3.05) is 4.31 Å². The number of carbonyl (C=O) groups is 1. The average molecular weight is 509 g/mol. The molecular formula is C28H29ClN2O3S. The van der Waals surface area contributed by atoms with Crippen LogP contribution < -0.4 is 9.62 Å². The van der Waals surface area contributed by atoms with Gasteiger partial charge in [0.2, 0.25) is 0 Å². The van der Waals surface area contributed by atoms with Crippen LogP contribution in [0.25, 0.3) is 0 Å². The number of rotatable bonds is 7. The number of halogens is 1. The standard InChI is InChI=1S/C28H29ClN2O3S/c1-19-7-14-24(29)17-27(19)31(35(33,34)25-5-3-2-4-6-25)18-20-8-11-22(12-9-20)28(32)30-26-16-21-10-13-23(26)15-21/h2-9,11-12,14,17,21,23,26H,10,13,15-16,18H2,1H3,(H,30,32). The molecule has 1 N–H and O–H groups in total. The number of benzene rings is 3. The summed E-state index contributed by atoms with van der Waals surface area (Å²) >= 11 is 6.24. The van der Waals surface area contributed by atoms with Gasteiger partial charge in [-0.1, -0.05) is 54.4 Å². The molecule has 1 amide bonds. The van der Waals surface area contributed by atoms with Gasteiger partial charge in [-0.3, -0.25) is 9.10 Å². The zero-order chi connectivity index (χ0) is 24.6. The molecule has 2 bridgehead atoms. The van der Waals surface area contributed by atoms with Crippen LogP contribution in [-0.2, 0) is 16.6 Å². The second kappa shape index (κ2) is 9.67. The third kappa shape index (κ3) is 4.95. The van der Waals surface area contributed by atoms with Crippen LogP contribution in [-0.4, -0.2) is 20.4 Å². The Kier molecular flexibility index (Phi) is 6.60. The average Bonchev–Trinajstić information content (AvgIpc) is 3.48. The molecule has 0 aliphatic heterocycles. The van der Waals surface area contributed by atoms with Crippen molar-refractivity contribution in [3.05, 3.63) is 94.5 Å². The molecule has 5 rings (SSSR count). The van der Waals surface area contributed by atoms with Crippen molar-refractivity contribution in [1.82, 2.24) is 5.32 Å². The summed E-state index contributed by atoms with van der Waals surface area (Å²) in [7, 11) is -3.84. The summed E-state index contributed by atoms with van der Waals surface area (Å²) in [6, 6.07) is 21.1. The highest BCUT2D eigenvalue weighted by molar-refractivity contribution is 7.92. The number of anilines is 1. The highest BCUT2D eigenvalue weighted by atomic mass is 35.5. The summed E-state index contributed by atoms with van der Waals surface area (Å²) in [4.78, 5) is 13.0. The molecular weight excluding hydrogens is 480 g/mol. The Labute approximate surface area is 212 Å². The van der Waals surface area contributed by atoms with E-state index < -0.39 is 10.0 Å². The molecule has 182 valence electrons. The molecule has 2 saturated carbocycles.